The molecule has 2 N–H and O–H groups in total. The molecule has 0 aliphatic heterocycles. The Morgan fingerprint density at radius 3 is 2.09 bits per heavy atom. The lowest BCUT2D eigenvalue weighted by Crippen LogP contribution is -2.20. The third-order valence-electron chi connectivity index (χ3n) is 5.70. The Bertz CT molecular complexity index is 1020. The van der Waals surface area contributed by atoms with Crippen molar-refractivity contribution >= 4 is 11.9 Å². The average Bonchev–Trinajstić information content (AvgIpc) is 2.76. The minimum atomic E-state index is -0.511. The van der Waals surface area contributed by atoms with Gasteiger partial charge in [-0.25, -0.2) is 0 Å². The van der Waals surface area contributed by atoms with Gasteiger partial charge >= 0.3 is 0 Å². The van der Waals surface area contributed by atoms with Crippen molar-refractivity contribution in [2.24, 2.45) is 0 Å². The molecule has 0 fully saturated rings. The molecule has 0 bridgehead atoms. The minimum absolute atomic E-state index is 0.0550. The summed E-state index contributed by atoms with van der Waals surface area (Å²) in [4.78, 5) is 12.7. The quantitative estimate of drug-likeness (QED) is 0.248. The lowest BCUT2D eigenvalue weighted by Gasteiger charge is -2.30. The Balaban J connectivity index is 2.76. The Kier molecular flexibility index (Phi) is 7.73. The summed E-state index contributed by atoms with van der Waals surface area (Å²) >= 11 is 0. The second-order valence-electron chi connectivity index (χ2n) is 9.01. The molecule has 4 nitrogen and oxygen atoms in total. The van der Waals surface area contributed by atoms with Crippen LogP contribution in [0.4, 0.5) is 0 Å². The highest BCUT2D eigenvalue weighted by Gasteiger charge is 2.31. The molecule has 0 saturated carbocycles. The Morgan fingerprint density at radius 2 is 1.56 bits per heavy atom. The first kappa shape index (κ1) is 25.0. The molecule has 2 rings (SSSR count). The van der Waals surface area contributed by atoms with Gasteiger partial charge in [0.05, 0.1) is 12.2 Å². The van der Waals surface area contributed by atoms with Gasteiger partial charge in [0.1, 0.15) is 17.2 Å². The molecule has 0 unspecified atom stereocenters. The third-order valence-corrected chi connectivity index (χ3v) is 5.70. The fourth-order valence-electron chi connectivity index (χ4n) is 3.26. The fourth-order valence-corrected chi connectivity index (χ4v) is 3.26. The molecule has 2 aromatic carbocycles. The van der Waals surface area contributed by atoms with Crippen LogP contribution in [-0.2, 0) is 10.8 Å². The van der Waals surface area contributed by atoms with E-state index < -0.39 is 10.8 Å². The molecule has 0 aliphatic carbocycles. The summed E-state index contributed by atoms with van der Waals surface area (Å²) in [7, 11) is 0. The number of rotatable bonds is 10. The van der Waals surface area contributed by atoms with Crippen molar-refractivity contribution in [1.29, 1.82) is 0 Å². The van der Waals surface area contributed by atoms with Gasteiger partial charge in [-0.1, -0.05) is 46.8 Å². The van der Waals surface area contributed by atoms with Crippen molar-refractivity contribution in [1.82, 2.24) is 0 Å². The second kappa shape index (κ2) is 9.90. The maximum atomic E-state index is 12.7. The van der Waals surface area contributed by atoms with Gasteiger partial charge in [-0.15, -0.1) is 13.2 Å². The highest BCUT2D eigenvalue weighted by atomic mass is 16.5. The summed E-state index contributed by atoms with van der Waals surface area (Å²) in [5.41, 5.74) is 1.50. The van der Waals surface area contributed by atoms with Crippen molar-refractivity contribution in [3.05, 3.63) is 84.0 Å². The predicted molar refractivity (Wildman–Crippen MR) is 132 cm³/mol. The number of phenolic OH excluding ortho intramolecular Hbond substituents is 2. The van der Waals surface area contributed by atoms with Gasteiger partial charge in [0.25, 0.3) is 0 Å². The molecule has 170 valence electrons. The van der Waals surface area contributed by atoms with Gasteiger partial charge in [0, 0.05) is 27.5 Å². The molecule has 0 heterocycles. The van der Waals surface area contributed by atoms with E-state index in [1.807, 2.05) is 46.8 Å². The van der Waals surface area contributed by atoms with Crippen molar-refractivity contribution in [3.8, 4) is 17.2 Å². The topological polar surface area (TPSA) is 66.8 Å². The van der Waals surface area contributed by atoms with Gasteiger partial charge in [-0.3, -0.25) is 4.79 Å². The maximum absolute atomic E-state index is 12.7. The first-order chi connectivity index (χ1) is 15.0. The molecular formula is C28H34O4. The normalized spacial score (nSPS) is 12.0. The average molecular weight is 435 g/mol. The third kappa shape index (κ3) is 5.31. The Morgan fingerprint density at radius 1 is 1.00 bits per heavy atom. The van der Waals surface area contributed by atoms with Gasteiger partial charge in [-0.05, 0) is 48.9 Å². The van der Waals surface area contributed by atoms with Gasteiger partial charge in [0.15, 0.2) is 5.78 Å². The molecule has 0 atom stereocenters. The molecule has 0 radical (unpaired) electrons. The van der Waals surface area contributed by atoms with E-state index in [-0.39, 0.29) is 17.3 Å². The standard InChI is InChI=1S/C28H34O4/c1-8-17-32-26-21(15-16-24(30)19-11-13-20(29)14-12-19)25(31)22(27(4,5)9-2)18-23(26)28(6,7)10-3/h9-16,18,29,31H,2-3,8,17H2,1,4-7H3/b16-15+. The van der Waals surface area contributed by atoms with E-state index in [4.69, 9.17) is 4.74 Å². The molecule has 2 aromatic rings. The zero-order chi connectivity index (χ0) is 24.1. The van der Waals surface area contributed by atoms with Gasteiger partial charge < -0.3 is 14.9 Å². The van der Waals surface area contributed by atoms with Crippen LogP contribution in [0.5, 0.6) is 17.2 Å². The Labute approximate surface area is 191 Å². The SMILES string of the molecule is C=CC(C)(C)c1cc(C(C)(C)C=C)c(OCCC)c(/C=C/C(=O)c2ccc(O)cc2)c1O. The molecule has 0 spiro atoms. The number of hydrogen-bond donors (Lipinski definition) is 2. The molecule has 0 amide bonds. The molecule has 0 aliphatic rings. The lowest BCUT2D eigenvalue weighted by molar-refractivity contribution is 0.104. The lowest BCUT2D eigenvalue weighted by atomic mass is 9.76. The van der Waals surface area contributed by atoms with Gasteiger partial charge in [0.2, 0.25) is 0 Å². The van der Waals surface area contributed by atoms with Crippen LogP contribution in [0.2, 0.25) is 0 Å². The van der Waals surface area contributed by atoms with Crippen molar-refractivity contribution in [3.63, 3.8) is 0 Å². The molecule has 0 aromatic heterocycles. The van der Waals surface area contributed by atoms with Crippen LogP contribution in [0.3, 0.4) is 0 Å². The van der Waals surface area contributed by atoms with E-state index in [0.717, 1.165) is 12.0 Å². The highest BCUT2D eigenvalue weighted by Crippen LogP contribution is 2.46. The smallest absolute Gasteiger partial charge is 0.185 e. The van der Waals surface area contributed by atoms with E-state index >= 15 is 0 Å². The number of allylic oxidation sites excluding steroid dienone is 3. The largest absolute Gasteiger partial charge is 0.508 e. The zero-order valence-corrected chi connectivity index (χ0v) is 19.7. The van der Waals surface area contributed by atoms with Crippen molar-refractivity contribution in [2.45, 2.75) is 51.9 Å². The minimum Gasteiger partial charge on any atom is -0.508 e. The highest BCUT2D eigenvalue weighted by molar-refractivity contribution is 6.07. The fraction of sp³-hybridized carbons (Fsp3) is 0.321. The van der Waals surface area contributed by atoms with Crippen LogP contribution in [0.25, 0.3) is 6.08 Å². The monoisotopic (exact) mass is 434 g/mol. The van der Waals surface area contributed by atoms with E-state index in [9.17, 15) is 15.0 Å². The van der Waals surface area contributed by atoms with Crippen LogP contribution < -0.4 is 4.74 Å². The van der Waals surface area contributed by atoms with Crippen molar-refractivity contribution < 1.29 is 19.7 Å². The number of carbonyl (C=O) groups excluding carboxylic acids is 1. The second-order valence-corrected chi connectivity index (χ2v) is 9.01. The Hall–Kier alpha value is -3.27. The summed E-state index contributed by atoms with van der Waals surface area (Å²) in [6, 6.07) is 7.99. The van der Waals surface area contributed by atoms with Gasteiger partial charge in [-0.2, -0.15) is 0 Å². The first-order valence-electron chi connectivity index (χ1n) is 10.8. The van der Waals surface area contributed by atoms with Crippen LogP contribution >= 0.6 is 0 Å². The number of carbonyl (C=O) groups is 1. The first-order valence-corrected chi connectivity index (χ1v) is 10.8. The van der Waals surface area contributed by atoms with E-state index in [0.29, 0.717) is 29.0 Å². The number of benzene rings is 2. The molecule has 0 saturated heterocycles. The van der Waals surface area contributed by atoms with Crippen LogP contribution in [0, 0.1) is 0 Å². The van der Waals surface area contributed by atoms with Crippen LogP contribution in [0.1, 0.15) is 68.1 Å². The van der Waals surface area contributed by atoms with E-state index in [2.05, 4.69) is 13.2 Å². The maximum Gasteiger partial charge on any atom is 0.185 e. The predicted octanol–water partition coefficient (Wildman–Crippen LogP) is 6.71. The number of hydrogen-bond acceptors (Lipinski definition) is 4. The molecular weight excluding hydrogens is 400 g/mol. The summed E-state index contributed by atoms with van der Waals surface area (Å²) < 4.78 is 6.11. The zero-order valence-electron chi connectivity index (χ0n) is 19.7. The molecule has 4 heteroatoms. The summed E-state index contributed by atoms with van der Waals surface area (Å²) in [5, 5.41) is 20.7. The van der Waals surface area contributed by atoms with Crippen LogP contribution in [0.15, 0.2) is 61.7 Å². The van der Waals surface area contributed by atoms with E-state index in [1.54, 1.807) is 24.3 Å². The summed E-state index contributed by atoms with van der Waals surface area (Å²) in [6.07, 6.45) is 7.44. The number of ketones is 1. The number of phenols is 2. The number of aromatic hydroxyl groups is 2. The summed E-state index contributed by atoms with van der Waals surface area (Å²) in [6.45, 7) is 18.4. The van der Waals surface area contributed by atoms with Crippen molar-refractivity contribution in [2.75, 3.05) is 6.61 Å². The summed E-state index contributed by atoms with van der Waals surface area (Å²) in [5.74, 6) is 0.435. The van der Waals surface area contributed by atoms with E-state index in [1.165, 1.54) is 18.2 Å². The molecule has 32 heavy (non-hydrogen) atoms. The van der Waals surface area contributed by atoms with Crippen LogP contribution in [-0.4, -0.2) is 22.6 Å². The number of ether oxygens (including phenoxy) is 1.